The number of piperidine rings is 1. The van der Waals surface area contributed by atoms with Crippen LogP contribution in [-0.2, 0) is 9.47 Å². The van der Waals surface area contributed by atoms with E-state index in [1.807, 2.05) is 26.8 Å². The van der Waals surface area contributed by atoms with Crippen molar-refractivity contribution in [3.8, 4) is 5.75 Å². The number of nitrogens with zero attached hydrogens (tertiary/aromatic N) is 1. The Morgan fingerprint density at radius 3 is 2.45 bits per heavy atom. The lowest BCUT2D eigenvalue weighted by Gasteiger charge is -2.38. The van der Waals surface area contributed by atoms with Crippen molar-refractivity contribution in [1.82, 2.24) is 4.90 Å². The molecule has 0 radical (unpaired) electrons. The predicted octanol–water partition coefficient (Wildman–Crippen LogP) is 5.74. The molecule has 2 unspecified atom stereocenters. The molecular weight excluding hydrogens is 455 g/mol. The third-order valence-electron chi connectivity index (χ3n) is 5.06. The van der Waals surface area contributed by atoms with E-state index in [1.165, 1.54) is 0 Å². The molecule has 31 heavy (non-hydrogen) atoms. The van der Waals surface area contributed by atoms with Crippen LogP contribution in [0.2, 0.25) is 35.7 Å². The Kier molecular flexibility index (Phi) is 9.11. The van der Waals surface area contributed by atoms with Crippen molar-refractivity contribution in [2.75, 3.05) is 26.5 Å². The smallest absolute Gasteiger partial charge is 0.410 e. The van der Waals surface area contributed by atoms with Crippen LogP contribution in [0.4, 0.5) is 4.79 Å². The van der Waals surface area contributed by atoms with Crippen molar-refractivity contribution in [3.05, 3.63) is 27.7 Å². The first kappa shape index (κ1) is 26.3. The van der Waals surface area contributed by atoms with Crippen molar-refractivity contribution in [3.63, 3.8) is 0 Å². The summed E-state index contributed by atoms with van der Waals surface area (Å²) in [5.74, 6) is 0.596. The number of amides is 1. The van der Waals surface area contributed by atoms with Crippen LogP contribution in [-0.4, -0.2) is 57.2 Å². The number of ether oxygens (including phenoxy) is 3. The summed E-state index contributed by atoms with van der Waals surface area (Å²) in [6, 6.07) is 4.32. The van der Waals surface area contributed by atoms with Gasteiger partial charge in [-0.25, -0.2) is 4.79 Å². The Balaban J connectivity index is 2.06. The van der Waals surface area contributed by atoms with Gasteiger partial charge in [0.25, 0.3) is 0 Å². The second-order valence-corrected chi connectivity index (χ2v) is 16.7. The number of halogens is 2. The lowest BCUT2D eigenvalue weighted by atomic mass is 9.85. The third-order valence-corrected chi connectivity index (χ3v) is 7.48. The van der Waals surface area contributed by atoms with Gasteiger partial charge in [-0.3, -0.25) is 0 Å². The maximum Gasteiger partial charge on any atom is 0.410 e. The first-order chi connectivity index (χ1) is 14.3. The van der Waals surface area contributed by atoms with Crippen molar-refractivity contribution >= 4 is 37.4 Å². The van der Waals surface area contributed by atoms with E-state index in [-0.39, 0.29) is 24.8 Å². The summed E-state index contributed by atoms with van der Waals surface area (Å²) < 4.78 is 17.1. The van der Waals surface area contributed by atoms with E-state index in [2.05, 4.69) is 19.6 Å². The fourth-order valence-electron chi connectivity index (χ4n) is 3.36. The van der Waals surface area contributed by atoms with Crippen LogP contribution in [0, 0.1) is 0 Å². The van der Waals surface area contributed by atoms with Crippen LogP contribution in [0.15, 0.2) is 12.1 Å². The average molecular weight is 492 g/mol. The molecule has 2 rings (SSSR count). The molecule has 0 spiro atoms. The molecule has 1 amide bonds. The summed E-state index contributed by atoms with van der Waals surface area (Å²) in [7, 11) is -1.16. The van der Waals surface area contributed by atoms with E-state index in [0.717, 1.165) is 11.6 Å². The number of nitrogens with two attached hydrogens (primary N) is 1. The van der Waals surface area contributed by atoms with Gasteiger partial charge >= 0.3 is 6.09 Å². The van der Waals surface area contributed by atoms with E-state index in [9.17, 15) is 4.79 Å². The van der Waals surface area contributed by atoms with E-state index in [0.29, 0.717) is 41.9 Å². The highest BCUT2D eigenvalue weighted by molar-refractivity contribution is 6.76. The monoisotopic (exact) mass is 490 g/mol. The summed E-state index contributed by atoms with van der Waals surface area (Å²) >= 11 is 12.5. The minimum Gasteiger partial charge on any atom is -0.467 e. The normalized spacial score (nSPS) is 20.0. The molecule has 6 nitrogen and oxygen atoms in total. The fraction of sp³-hybridized carbons (Fsp3) is 0.682. The Morgan fingerprint density at radius 2 is 1.87 bits per heavy atom. The molecule has 1 aromatic rings. The highest BCUT2D eigenvalue weighted by Gasteiger charge is 2.34. The van der Waals surface area contributed by atoms with Gasteiger partial charge in [0.2, 0.25) is 0 Å². The van der Waals surface area contributed by atoms with Gasteiger partial charge in [0.1, 0.15) is 11.4 Å². The van der Waals surface area contributed by atoms with Crippen LogP contribution in [0.1, 0.15) is 38.7 Å². The number of hydrogen-bond acceptors (Lipinski definition) is 5. The molecule has 176 valence electrons. The molecule has 9 heteroatoms. The molecule has 0 aliphatic carbocycles. The standard InChI is InChI=1S/C22H36Cl2N2O4Si/c1-22(2,3)30-21(27)26-8-7-15(19(25)13-26)16-11-17(23)18(24)12-20(16)29-14-28-9-10-31(4,5)6/h11-12,15,19H,7-10,13-14,25H2,1-6H3. The van der Waals surface area contributed by atoms with Gasteiger partial charge in [0.05, 0.1) is 10.0 Å². The van der Waals surface area contributed by atoms with E-state index in [1.54, 1.807) is 11.0 Å². The Labute approximate surface area is 197 Å². The van der Waals surface area contributed by atoms with Crippen molar-refractivity contribution in [2.45, 2.75) is 70.4 Å². The van der Waals surface area contributed by atoms with Gasteiger partial charge in [-0.05, 0) is 39.3 Å². The molecule has 1 aliphatic heterocycles. The number of carbonyl (C=O) groups is 1. The molecule has 0 saturated carbocycles. The summed E-state index contributed by atoms with van der Waals surface area (Å²) in [5, 5.41) is 0.868. The second-order valence-electron chi connectivity index (χ2n) is 10.3. The highest BCUT2D eigenvalue weighted by Crippen LogP contribution is 2.39. The van der Waals surface area contributed by atoms with E-state index in [4.69, 9.17) is 43.1 Å². The zero-order valence-electron chi connectivity index (χ0n) is 19.5. The van der Waals surface area contributed by atoms with Gasteiger partial charge in [-0.15, -0.1) is 0 Å². The van der Waals surface area contributed by atoms with Crippen LogP contribution in [0.5, 0.6) is 5.75 Å². The van der Waals surface area contributed by atoms with Gasteiger partial charge in [-0.2, -0.15) is 0 Å². The number of carbonyl (C=O) groups excluding carboxylic acids is 1. The van der Waals surface area contributed by atoms with Gasteiger partial charge in [0.15, 0.2) is 6.79 Å². The zero-order chi connectivity index (χ0) is 23.4. The van der Waals surface area contributed by atoms with E-state index >= 15 is 0 Å². The molecular formula is C22H36Cl2N2O4Si. The molecule has 1 saturated heterocycles. The summed E-state index contributed by atoms with van der Waals surface area (Å²) in [6.07, 6.45) is 0.327. The minimum absolute atomic E-state index is 0.0227. The molecule has 1 aromatic carbocycles. The molecule has 0 aromatic heterocycles. The number of likely N-dealkylation sites (tertiary alicyclic amines) is 1. The van der Waals surface area contributed by atoms with Gasteiger partial charge < -0.3 is 24.8 Å². The summed E-state index contributed by atoms with van der Waals surface area (Å²) in [6.45, 7) is 14.2. The molecule has 1 fully saturated rings. The quantitative estimate of drug-likeness (QED) is 0.299. The molecule has 1 heterocycles. The van der Waals surface area contributed by atoms with Crippen LogP contribution < -0.4 is 10.5 Å². The summed E-state index contributed by atoms with van der Waals surface area (Å²) in [5.41, 5.74) is 6.82. The zero-order valence-corrected chi connectivity index (χ0v) is 22.0. The third kappa shape index (κ3) is 8.46. The first-order valence-electron chi connectivity index (χ1n) is 10.7. The fourth-order valence-corrected chi connectivity index (χ4v) is 4.44. The molecule has 2 atom stereocenters. The molecule has 0 bridgehead atoms. The largest absolute Gasteiger partial charge is 0.467 e. The first-order valence-corrected chi connectivity index (χ1v) is 15.2. The van der Waals surface area contributed by atoms with Crippen molar-refractivity contribution in [2.24, 2.45) is 5.73 Å². The predicted molar refractivity (Wildman–Crippen MR) is 129 cm³/mol. The highest BCUT2D eigenvalue weighted by atomic mass is 35.5. The second kappa shape index (κ2) is 10.7. The lowest BCUT2D eigenvalue weighted by molar-refractivity contribution is 0.0170. The summed E-state index contributed by atoms with van der Waals surface area (Å²) in [4.78, 5) is 14.1. The van der Waals surface area contributed by atoms with E-state index < -0.39 is 13.7 Å². The number of benzene rings is 1. The van der Waals surface area contributed by atoms with Crippen LogP contribution >= 0.6 is 23.2 Å². The minimum atomic E-state index is -1.16. The Hall–Kier alpha value is -0.993. The van der Waals surface area contributed by atoms with Crippen molar-refractivity contribution < 1.29 is 19.0 Å². The Morgan fingerprint density at radius 1 is 1.23 bits per heavy atom. The molecule has 2 N–H and O–H groups in total. The topological polar surface area (TPSA) is 74.0 Å². The Bertz CT molecular complexity index is 765. The van der Waals surface area contributed by atoms with Crippen LogP contribution in [0.25, 0.3) is 0 Å². The SMILES string of the molecule is CC(C)(C)OC(=O)N1CCC(c2cc(Cl)c(Cl)cc2OCOCC[Si](C)(C)C)C(N)C1. The maximum atomic E-state index is 12.4. The van der Waals surface area contributed by atoms with Crippen molar-refractivity contribution in [1.29, 1.82) is 0 Å². The van der Waals surface area contributed by atoms with Gasteiger partial charge in [-0.1, -0.05) is 42.8 Å². The number of hydrogen-bond donors (Lipinski definition) is 1. The lowest BCUT2D eigenvalue weighted by Crippen LogP contribution is -2.50. The maximum absolute atomic E-state index is 12.4. The molecule has 1 aliphatic rings. The van der Waals surface area contributed by atoms with Gasteiger partial charge in [0, 0.05) is 51.4 Å². The van der Waals surface area contributed by atoms with Crippen LogP contribution in [0.3, 0.4) is 0 Å². The number of rotatable bonds is 7. The average Bonchev–Trinajstić information content (AvgIpc) is 2.62.